The Bertz CT molecular complexity index is 1130. The van der Waals surface area contributed by atoms with E-state index >= 15 is 0 Å². The Morgan fingerprint density at radius 1 is 1.33 bits per heavy atom. The molecule has 2 aromatic carbocycles. The summed E-state index contributed by atoms with van der Waals surface area (Å²) in [6.45, 7) is 0.124. The van der Waals surface area contributed by atoms with Gasteiger partial charge in [0.15, 0.2) is 16.8 Å². The molecule has 1 amide bonds. The fourth-order valence-electron chi connectivity index (χ4n) is 3.23. The van der Waals surface area contributed by atoms with Gasteiger partial charge in [-0.05, 0) is 36.6 Å². The van der Waals surface area contributed by atoms with Crippen LogP contribution in [0.4, 0.5) is 8.78 Å². The highest BCUT2D eigenvalue weighted by Crippen LogP contribution is 2.39. The summed E-state index contributed by atoms with van der Waals surface area (Å²) in [5, 5.41) is 3.69. The molecule has 0 aliphatic carbocycles. The van der Waals surface area contributed by atoms with E-state index in [0.717, 1.165) is 22.9 Å². The molecule has 1 atom stereocenters. The third-order valence-corrected chi connectivity index (χ3v) is 5.49. The van der Waals surface area contributed by atoms with E-state index in [-0.39, 0.29) is 18.2 Å². The summed E-state index contributed by atoms with van der Waals surface area (Å²) in [6, 6.07) is 9.00. The number of amides is 1. The third-order valence-electron chi connectivity index (χ3n) is 4.65. The van der Waals surface area contributed by atoms with E-state index in [1.165, 1.54) is 23.9 Å². The smallest absolute Gasteiger partial charge is 0.254 e. The molecule has 9 heteroatoms. The molecule has 0 saturated carbocycles. The van der Waals surface area contributed by atoms with E-state index < -0.39 is 17.5 Å². The van der Waals surface area contributed by atoms with Crippen molar-refractivity contribution in [2.45, 2.75) is 17.7 Å². The highest BCUT2D eigenvalue weighted by Gasteiger charge is 2.27. The van der Waals surface area contributed by atoms with Crippen molar-refractivity contribution in [3.8, 4) is 17.0 Å². The topological polar surface area (TPSA) is 64.1 Å². The van der Waals surface area contributed by atoms with Gasteiger partial charge in [-0.25, -0.2) is 18.7 Å². The zero-order valence-corrected chi connectivity index (χ0v) is 17.4. The molecular formula is C21H16ClF2N3O2S. The van der Waals surface area contributed by atoms with Crippen LogP contribution in [0.5, 0.6) is 5.75 Å². The van der Waals surface area contributed by atoms with E-state index in [0.29, 0.717) is 22.3 Å². The lowest BCUT2D eigenvalue weighted by atomic mass is 10.0. The Hall–Kier alpha value is -2.71. The Morgan fingerprint density at radius 3 is 2.97 bits per heavy atom. The molecule has 4 rings (SSSR count). The molecule has 30 heavy (non-hydrogen) atoms. The number of aromatic nitrogens is 2. The Kier molecular flexibility index (Phi) is 5.87. The Labute approximate surface area is 180 Å². The average molecular weight is 448 g/mol. The van der Waals surface area contributed by atoms with Crippen LogP contribution in [0.15, 0.2) is 47.8 Å². The summed E-state index contributed by atoms with van der Waals surface area (Å²) in [5.41, 5.74) is 2.13. The van der Waals surface area contributed by atoms with Gasteiger partial charge in [0.05, 0.1) is 22.8 Å². The maximum atomic E-state index is 13.8. The molecule has 0 saturated heterocycles. The first-order chi connectivity index (χ1) is 14.5. The number of hydrogen-bond donors (Lipinski definition) is 1. The number of carbonyl (C=O) groups is 1. The van der Waals surface area contributed by atoms with E-state index in [1.54, 1.807) is 18.3 Å². The fourth-order valence-corrected chi connectivity index (χ4v) is 3.87. The van der Waals surface area contributed by atoms with Crippen LogP contribution in [0.3, 0.4) is 0 Å². The first-order valence-electron chi connectivity index (χ1n) is 9.05. The molecule has 154 valence electrons. The fraction of sp³-hybridized carbons (Fsp3) is 0.190. The predicted octanol–water partition coefficient (Wildman–Crippen LogP) is 4.53. The minimum atomic E-state index is -1.17. The lowest BCUT2D eigenvalue weighted by Crippen LogP contribution is -2.35. The molecule has 1 aliphatic rings. The molecule has 1 aliphatic heterocycles. The van der Waals surface area contributed by atoms with Gasteiger partial charge in [0, 0.05) is 23.7 Å². The number of benzene rings is 2. The number of halogens is 3. The third kappa shape index (κ3) is 4.11. The zero-order valence-electron chi connectivity index (χ0n) is 15.8. The van der Waals surface area contributed by atoms with E-state index in [1.807, 2.05) is 12.3 Å². The highest BCUT2D eigenvalue weighted by atomic mass is 35.5. The Morgan fingerprint density at radius 2 is 2.17 bits per heavy atom. The molecule has 0 bridgehead atoms. The number of fused-ring (bicyclic) bond motifs is 1. The first kappa shape index (κ1) is 20.6. The molecule has 1 aromatic heterocycles. The normalized spacial score (nSPS) is 14.9. The van der Waals surface area contributed by atoms with Crippen molar-refractivity contribution in [2.24, 2.45) is 0 Å². The molecule has 2 heterocycles. The lowest BCUT2D eigenvalue weighted by Gasteiger charge is -2.13. The predicted molar refractivity (Wildman–Crippen MR) is 111 cm³/mol. The van der Waals surface area contributed by atoms with Crippen LogP contribution in [0.2, 0.25) is 5.02 Å². The maximum absolute atomic E-state index is 13.8. The van der Waals surface area contributed by atoms with Crippen molar-refractivity contribution < 1.29 is 18.3 Å². The van der Waals surface area contributed by atoms with Crippen molar-refractivity contribution in [1.82, 2.24) is 15.3 Å². The molecule has 5 nitrogen and oxygen atoms in total. The van der Waals surface area contributed by atoms with E-state index in [2.05, 4.69) is 15.3 Å². The van der Waals surface area contributed by atoms with Gasteiger partial charge in [-0.2, -0.15) is 0 Å². The molecule has 1 N–H and O–H groups in total. The van der Waals surface area contributed by atoms with Crippen LogP contribution in [-0.2, 0) is 6.42 Å². The number of thioether (sulfide) groups is 1. The van der Waals surface area contributed by atoms with Crippen molar-refractivity contribution in [3.63, 3.8) is 0 Å². The van der Waals surface area contributed by atoms with Gasteiger partial charge in [0.2, 0.25) is 0 Å². The van der Waals surface area contributed by atoms with Gasteiger partial charge in [-0.1, -0.05) is 29.4 Å². The van der Waals surface area contributed by atoms with Crippen LogP contribution in [0.25, 0.3) is 11.3 Å². The average Bonchev–Trinajstić information content (AvgIpc) is 3.18. The van der Waals surface area contributed by atoms with Gasteiger partial charge in [-0.3, -0.25) is 4.79 Å². The minimum absolute atomic E-state index is 0.124. The summed E-state index contributed by atoms with van der Waals surface area (Å²) in [4.78, 5) is 20.9. The van der Waals surface area contributed by atoms with Gasteiger partial charge in [0.25, 0.3) is 5.91 Å². The quantitative estimate of drug-likeness (QED) is 0.460. The molecular weight excluding hydrogens is 432 g/mol. The van der Waals surface area contributed by atoms with Crippen LogP contribution < -0.4 is 10.1 Å². The van der Waals surface area contributed by atoms with Crippen LogP contribution in [0, 0.1) is 11.6 Å². The summed E-state index contributed by atoms with van der Waals surface area (Å²) in [6.07, 6.45) is 3.72. The molecule has 0 fully saturated rings. The second-order valence-corrected chi connectivity index (χ2v) is 7.81. The highest BCUT2D eigenvalue weighted by molar-refractivity contribution is 7.98. The van der Waals surface area contributed by atoms with Crippen molar-refractivity contribution in [2.75, 3.05) is 12.8 Å². The van der Waals surface area contributed by atoms with Gasteiger partial charge < -0.3 is 10.1 Å². The van der Waals surface area contributed by atoms with Crippen LogP contribution >= 0.6 is 23.4 Å². The number of nitrogens with one attached hydrogen (secondary N) is 1. The maximum Gasteiger partial charge on any atom is 0.254 e. The van der Waals surface area contributed by atoms with E-state index in [4.69, 9.17) is 16.3 Å². The lowest BCUT2D eigenvalue weighted by molar-refractivity contribution is 0.0928. The van der Waals surface area contributed by atoms with E-state index in [9.17, 15) is 13.6 Å². The van der Waals surface area contributed by atoms with Gasteiger partial charge >= 0.3 is 0 Å². The number of nitrogens with zero attached hydrogens (tertiary/aromatic N) is 2. The monoisotopic (exact) mass is 447 g/mol. The molecule has 0 unspecified atom stereocenters. The summed E-state index contributed by atoms with van der Waals surface area (Å²) in [5.74, 6) is -2.40. The minimum Gasteiger partial charge on any atom is -0.486 e. The second kappa shape index (κ2) is 8.57. The second-order valence-electron chi connectivity index (χ2n) is 6.63. The SMILES string of the molecule is CSc1nccc(-c2cc(Cl)c3c(c2)C[C@@H](CNC(=O)c2cccc(F)c2F)O3)n1. The van der Waals surface area contributed by atoms with Crippen molar-refractivity contribution in [1.29, 1.82) is 0 Å². The first-order valence-corrected chi connectivity index (χ1v) is 10.6. The number of hydrogen-bond acceptors (Lipinski definition) is 5. The van der Waals surface area contributed by atoms with Gasteiger partial charge in [0.1, 0.15) is 11.9 Å². The molecule has 0 spiro atoms. The summed E-state index contributed by atoms with van der Waals surface area (Å²) >= 11 is 7.85. The van der Waals surface area contributed by atoms with Crippen molar-refractivity contribution in [3.05, 3.63) is 70.4 Å². The number of rotatable bonds is 5. The number of carbonyl (C=O) groups excluding carboxylic acids is 1. The largest absolute Gasteiger partial charge is 0.486 e. The summed E-state index contributed by atoms with van der Waals surface area (Å²) < 4.78 is 33.0. The molecule has 0 radical (unpaired) electrons. The molecule has 3 aromatic rings. The van der Waals surface area contributed by atoms with Crippen LogP contribution in [0.1, 0.15) is 15.9 Å². The van der Waals surface area contributed by atoms with Crippen molar-refractivity contribution >= 4 is 29.3 Å². The van der Waals surface area contributed by atoms with Gasteiger partial charge in [-0.15, -0.1) is 0 Å². The summed E-state index contributed by atoms with van der Waals surface area (Å²) in [7, 11) is 0. The Balaban J connectivity index is 1.47. The standard InChI is InChI=1S/C21H16ClF2N3O2S/c1-30-21-25-6-5-17(27-21)11-7-12-8-13(29-19(12)15(22)9-11)10-26-20(28)14-3-2-4-16(23)18(14)24/h2-7,9,13H,8,10H2,1H3,(H,26,28)/t13-/m0/s1. The number of ether oxygens (including phenoxy) is 1. The van der Waals surface area contributed by atoms with Crippen LogP contribution in [-0.4, -0.2) is 34.8 Å². The zero-order chi connectivity index (χ0) is 21.3.